The molecule has 2 unspecified atom stereocenters. The van der Waals surface area contributed by atoms with Gasteiger partial charge in [0.05, 0.1) is 4.92 Å². The summed E-state index contributed by atoms with van der Waals surface area (Å²) in [5.41, 5.74) is -0.340. The van der Waals surface area contributed by atoms with E-state index in [9.17, 15) is 14.9 Å². The van der Waals surface area contributed by atoms with Crippen LogP contribution < -0.4 is 5.32 Å². The van der Waals surface area contributed by atoms with Gasteiger partial charge in [-0.15, -0.1) is 0 Å². The fraction of sp³-hybridized carbons (Fsp3) is 0.500. The SMILES string of the molecule is CC1CNCC(C)N1C(=O)c1cc(Cl)ncc1[N+](=O)[O-]. The van der Waals surface area contributed by atoms with Gasteiger partial charge >= 0.3 is 0 Å². The monoisotopic (exact) mass is 298 g/mol. The summed E-state index contributed by atoms with van der Waals surface area (Å²) >= 11 is 5.76. The number of pyridine rings is 1. The molecule has 1 aliphatic rings. The van der Waals surface area contributed by atoms with Crippen molar-refractivity contribution in [1.29, 1.82) is 0 Å². The fourth-order valence-corrected chi connectivity index (χ4v) is 2.57. The van der Waals surface area contributed by atoms with Crippen molar-refractivity contribution in [2.24, 2.45) is 0 Å². The average Bonchev–Trinajstić information content (AvgIpc) is 2.37. The summed E-state index contributed by atoms with van der Waals surface area (Å²) in [5, 5.41) is 14.3. The maximum atomic E-state index is 12.6. The third-order valence-electron chi connectivity index (χ3n) is 3.34. The second-order valence-corrected chi connectivity index (χ2v) is 5.24. The molecule has 1 aromatic rings. The van der Waals surface area contributed by atoms with Crippen molar-refractivity contribution in [3.05, 3.63) is 33.1 Å². The topological polar surface area (TPSA) is 88.4 Å². The highest BCUT2D eigenvalue weighted by Gasteiger charge is 2.33. The van der Waals surface area contributed by atoms with Crippen molar-refractivity contribution in [2.75, 3.05) is 13.1 Å². The first-order valence-electron chi connectivity index (χ1n) is 6.25. The van der Waals surface area contributed by atoms with Crippen LogP contribution in [-0.4, -0.2) is 45.9 Å². The van der Waals surface area contributed by atoms with E-state index in [1.165, 1.54) is 6.07 Å². The molecule has 1 fully saturated rings. The predicted molar refractivity (Wildman–Crippen MR) is 73.9 cm³/mol. The molecule has 1 aromatic heterocycles. The lowest BCUT2D eigenvalue weighted by molar-refractivity contribution is -0.385. The molecule has 2 atom stereocenters. The summed E-state index contributed by atoms with van der Waals surface area (Å²) < 4.78 is 0. The van der Waals surface area contributed by atoms with E-state index in [-0.39, 0.29) is 34.4 Å². The molecule has 1 N–H and O–H groups in total. The van der Waals surface area contributed by atoms with Crippen molar-refractivity contribution in [3.63, 3.8) is 0 Å². The van der Waals surface area contributed by atoms with Crippen LogP contribution in [0.5, 0.6) is 0 Å². The zero-order chi connectivity index (χ0) is 14.9. The normalized spacial score (nSPS) is 22.6. The van der Waals surface area contributed by atoms with Crippen LogP contribution >= 0.6 is 11.6 Å². The van der Waals surface area contributed by atoms with Gasteiger partial charge in [-0.25, -0.2) is 4.98 Å². The number of amides is 1. The zero-order valence-electron chi connectivity index (χ0n) is 11.2. The first-order chi connectivity index (χ1) is 9.41. The third kappa shape index (κ3) is 2.73. The van der Waals surface area contributed by atoms with Crippen LogP contribution in [0.25, 0.3) is 0 Å². The molecule has 1 aliphatic heterocycles. The van der Waals surface area contributed by atoms with Crippen LogP contribution in [0.3, 0.4) is 0 Å². The number of hydrogen-bond acceptors (Lipinski definition) is 5. The third-order valence-corrected chi connectivity index (χ3v) is 3.55. The Morgan fingerprint density at radius 1 is 1.50 bits per heavy atom. The summed E-state index contributed by atoms with van der Waals surface area (Å²) in [6.07, 6.45) is 1.02. The van der Waals surface area contributed by atoms with E-state index in [4.69, 9.17) is 11.6 Å². The van der Waals surface area contributed by atoms with Gasteiger partial charge in [-0.2, -0.15) is 0 Å². The molecule has 0 radical (unpaired) electrons. The number of nitrogens with zero attached hydrogens (tertiary/aromatic N) is 3. The number of carbonyl (C=O) groups excluding carboxylic acids is 1. The van der Waals surface area contributed by atoms with Gasteiger partial charge < -0.3 is 10.2 Å². The van der Waals surface area contributed by atoms with E-state index in [1.807, 2.05) is 13.8 Å². The van der Waals surface area contributed by atoms with E-state index >= 15 is 0 Å². The molecular formula is C12H15ClN4O3. The van der Waals surface area contributed by atoms with Gasteiger partial charge in [-0.05, 0) is 19.9 Å². The van der Waals surface area contributed by atoms with E-state index in [0.29, 0.717) is 13.1 Å². The molecule has 108 valence electrons. The first kappa shape index (κ1) is 14.7. The Morgan fingerprint density at radius 3 is 2.65 bits per heavy atom. The molecule has 1 saturated heterocycles. The number of halogens is 1. The Balaban J connectivity index is 2.42. The minimum absolute atomic E-state index is 0.0180. The number of nitrogens with one attached hydrogen (secondary N) is 1. The van der Waals surface area contributed by atoms with E-state index < -0.39 is 4.92 Å². The number of carbonyl (C=O) groups is 1. The largest absolute Gasteiger partial charge is 0.330 e. The number of nitro groups is 1. The van der Waals surface area contributed by atoms with Gasteiger partial charge in [-0.1, -0.05) is 11.6 Å². The molecule has 8 heteroatoms. The minimum Gasteiger partial charge on any atom is -0.330 e. The van der Waals surface area contributed by atoms with E-state index in [1.54, 1.807) is 4.90 Å². The van der Waals surface area contributed by atoms with Crippen molar-refractivity contribution in [2.45, 2.75) is 25.9 Å². The molecule has 0 aliphatic carbocycles. The number of hydrogen-bond donors (Lipinski definition) is 1. The summed E-state index contributed by atoms with van der Waals surface area (Å²) in [6.45, 7) is 5.11. The standard InChI is InChI=1S/C12H15ClN4O3/c1-7-4-14-5-8(2)16(7)12(18)9-3-11(13)15-6-10(9)17(19)20/h3,6-8,14H,4-5H2,1-2H3. The highest BCUT2D eigenvalue weighted by molar-refractivity contribution is 6.29. The lowest BCUT2D eigenvalue weighted by Gasteiger charge is -2.39. The maximum absolute atomic E-state index is 12.6. The van der Waals surface area contributed by atoms with Gasteiger partial charge in [0.15, 0.2) is 0 Å². The Bertz CT molecular complexity index is 542. The van der Waals surface area contributed by atoms with Crippen LogP contribution in [0.15, 0.2) is 12.3 Å². The van der Waals surface area contributed by atoms with E-state index in [0.717, 1.165) is 6.20 Å². The van der Waals surface area contributed by atoms with Crippen LogP contribution in [0, 0.1) is 10.1 Å². The Hall–Kier alpha value is -1.73. The Kier molecular flexibility index (Phi) is 4.20. The van der Waals surface area contributed by atoms with Gasteiger partial charge in [-0.3, -0.25) is 14.9 Å². The molecular weight excluding hydrogens is 284 g/mol. The molecule has 0 saturated carbocycles. The van der Waals surface area contributed by atoms with Crippen LogP contribution in [0.4, 0.5) is 5.69 Å². The zero-order valence-corrected chi connectivity index (χ0v) is 11.9. The first-order valence-corrected chi connectivity index (χ1v) is 6.63. The minimum atomic E-state index is -0.617. The molecule has 20 heavy (non-hydrogen) atoms. The fourth-order valence-electron chi connectivity index (χ4n) is 2.41. The van der Waals surface area contributed by atoms with E-state index in [2.05, 4.69) is 10.3 Å². The van der Waals surface area contributed by atoms with Gasteiger partial charge in [0.2, 0.25) is 0 Å². The highest BCUT2D eigenvalue weighted by atomic mass is 35.5. The van der Waals surface area contributed by atoms with Crippen molar-refractivity contribution >= 4 is 23.2 Å². The lowest BCUT2D eigenvalue weighted by Crippen LogP contribution is -2.57. The second kappa shape index (κ2) is 5.72. The molecule has 2 rings (SSSR count). The molecule has 1 amide bonds. The Morgan fingerprint density at radius 2 is 2.10 bits per heavy atom. The van der Waals surface area contributed by atoms with Crippen molar-refractivity contribution in [3.8, 4) is 0 Å². The molecule has 0 bridgehead atoms. The highest BCUT2D eigenvalue weighted by Crippen LogP contribution is 2.24. The smallest absolute Gasteiger partial charge is 0.300 e. The predicted octanol–water partition coefficient (Wildman–Crippen LogP) is 1.47. The average molecular weight is 299 g/mol. The molecule has 0 spiro atoms. The van der Waals surface area contributed by atoms with Crippen LogP contribution in [0.2, 0.25) is 5.15 Å². The van der Waals surface area contributed by atoms with Crippen molar-refractivity contribution < 1.29 is 9.72 Å². The summed E-state index contributed by atoms with van der Waals surface area (Å²) in [6, 6.07) is 1.17. The summed E-state index contributed by atoms with van der Waals surface area (Å²) in [4.78, 5) is 28.3. The second-order valence-electron chi connectivity index (χ2n) is 4.85. The van der Waals surface area contributed by atoms with Gasteiger partial charge in [0, 0.05) is 25.2 Å². The van der Waals surface area contributed by atoms with Gasteiger partial charge in [0.25, 0.3) is 11.6 Å². The summed E-state index contributed by atoms with van der Waals surface area (Å²) in [7, 11) is 0. The number of aromatic nitrogens is 1. The van der Waals surface area contributed by atoms with Gasteiger partial charge in [0.1, 0.15) is 16.9 Å². The summed E-state index contributed by atoms with van der Waals surface area (Å²) in [5.74, 6) is -0.387. The maximum Gasteiger partial charge on any atom is 0.300 e. The molecule has 0 aromatic carbocycles. The van der Waals surface area contributed by atoms with Crippen molar-refractivity contribution in [1.82, 2.24) is 15.2 Å². The number of rotatable bonds is 2. The molecule has 7 nitrogen and oxygen atoms in total. The lowest BCUT2D eigenvalue weighted by atomic mass is 10.1. The molecule has 2 heterocycles. The Labute approximate surface area is 121 Å². The van der Waals surface area contributed by atoms with Crippen LogP contribution in [-0.2, 0) is 0 Å². The van der Waals surface area contributed by atoms with Crippen LogP contribution in [0.1, 0.15) is 24.2 Å². The quantitative estimate of drug-likeness (QED) is 0.507. The number of piperazine rings is 1.